The Kier molecular flexibility index (Phi) is 4.70. The van der Waals surface area contributed by atoms with Gasteiger partial charge in [-0.15, -0.1) is 0 Å². The molecule has 4 nitrogen and oxygen atoms in total. The molecule has 0 spiro atoms. The first-order chi connectivity index (χ1) is 13.0. The van der Waals surface area contributed by atoms with Gasteiger partial charge in [-0.2, -0.15) is 0 Å². The lowest BCUT2D eigenvalue weighted by Gasteiger charge is -2.22. The summed E-state index contributed by atoms with van der Waals surface area (Å²) < 4.78 is 5.76. The Balaban J connectivity index is 1.56. The summed E-state index contributed by atoms with van der Waals surface area (Å²) in [5, 5.41) is 0.931. The number of amides is 2. The number of benzene rings is 2. The average molecular weight is 402 g/mol. The van der Waals surface area contributed by atoms with E-state index >= 15 is 0 Å². The van der Waals surface area contributed by atoms with Crippen LogP contribution < -0.4 is 9.64 Å². The first-order valence-electron chi connectivity index (χ1n) is 8.73. The van der Waals surface area contributed by atoms with Crippen LogP contribution in [0, 0.1) is 17.8 Å². The van der Waals surface area contributed by atoms with Crippen LogP contribution in [0.4, 0.5) is 5.69 Å². The van der Waals surface area contributed by atoms with Crippen LogP contribution in [0.15, 0.2) is 54.6 Å². The van der Waals surface area contributed by atoms with Gasteiger partial charge < -0.3 is 4.74 Å². The summed E-state index contributed by atoms with van der Waals surface area (Å²) in [5.41, 5.74) is 0.557. The molecule has 0 N–H and O–H groups in total. The molecule has 0 radical (unpaired) electrons. The summed E-state index contributed by atoms with van der Waals surface area (Å²) in [6.07, 6.45) is 4.63. The number of hydrogen-bond donors (Lipinski definition) is 0. The molecule has 27 heavy (non-hydrogen) atoms. The van der Waals surface area contributed by atoms with E-state index in [9.17, 15) is 9.59 Å². The molecule has 2 aliphatic rings. The van der Waals surface area contributed by atoms with Crippen LogP contribution in [0.25, 0.3) is 0 Å². The number of halogens is 2. The van der Waals surface area contributed by atoms with Gasteiger partial charge in [0.2, 0.25) is 11.8 Å². The number of hydrogen-bond acceptors (Lipinski definition) is 3. The molecule has 4 rings (SSSR count). The third-order valence-electron chi connectivity index (χ3n) is 5.09. The minimum absolute atomic E-state index is 0.0693. The number of anilines is 1. The van der Waals surface area contributed by atoms with E-state index in [4.69, 9.17) is 27.9 Å². The number of carbonyl (C=O) groups is 2. The number of allylic oxidation sites excluding steroid dienone is 2. The largest absolute Gasteiger partial charge is 0.456 e. The van der Waals surface area contributed by atoms with E-state index in [0.717, 1.165) is 0 Å². The highest BCUT2D eigenvalue weighted by Gasteiger charge is 2.50. The molecular formula is C21H17Cl2NO3. The van der Waals surface area contributed by atoms with Gasteiger partial charge in [0.1, 0.15) is 11.5 Å². The molecule has 0 bridgehead atoms. The van der Waals surface area contributed by atoms with Gasteiger partial charge in [-0.05, 0) is 54.8 Å². The third-order valence-corrected chi connectivity index (χ3v) is 5.62. The monoisotopic (exact) mass is 401 g/mol. The van der Waals surface area contributed by atoms with Gasteiger partial charge in [-0.1, -0.05) is 42.3 Å². The molecule has 1 fully saturated rings. The van der Waals surface area contributed by atoms with Gasteiger partial charge >= 0.3 is 0 Å². The van der Waals surface area contributed by atoms with Crippen molar-refractivity contribution < 1.29 is 14.3 Å². The Hall–Kier alpha value is -2.30. The summed E-state index contributed by atoms with van der Waals surface area (Å²) in [6, 6.07) is 11.8. The van der Waals surface area contributed by atoms with Gasteiger partial charge in [0.25, 0.3) is 0 Å². The van der Waals surface area contributed by atoms with Crippen molar-refractivity contribution in [2.24, 2.45) is 17.8 Å². The van der Waals surface area contributed by atoms with Gasteiger partial charge in [0.05, 0.1) is 22.5 Å². The second kappa shape index (κ2) is 7.02. The highest BCUT2D eigenvalue weighted by molar-refractivity contribution is 6.35. The van der Waals surface area contributed by atoms with Crippen molar-refractivity contribution in [3.63, 3.8) is 0 Å². The molecular weight excluding hydrogens is 385 g/mol. The van der Waals surface area contributed by atoms with E-state index in [-0.39, 0.29) is 29.6 Å². The molecule has 0 aromatic heterocycles. The summed E-state index contributed by atoms with van der Waals surface area (Å²) in [5.74, 6) is 0.307. The first kappa shape index (κ1) is 18.1. The van der Waals surface area contributed by atoms with Crippen molar-refractivity contribution in [3.05, 3.63) is 64.7 Å². The maximum Gasteiger partial charge on any atom is 0.238 e. The number of imide groups is 1. The van der Waals surface area contributed by atoms with E-state index in [0.29, 0.717) is 33.7 Å². The highest BCUT2D eigenvalue weighted by Crippen LogP contribution is 2.41. The van der Waals surface area contributed by atoms with Gasteiger partial charge in [0.15, 0.2) is 0 Å². The lowest BCUT2D eigenvalue weighted by Crippen LogP contribution is -2.31. The van der Waals surface area contributed by atoms with Crippen molar-refractivity contribution in [1.29, 1.82) is 0 Å². The molecule has 0 saturated carbocycles. The Morgan fingerprint density at radius 3 is 2.44 bits per heavy atom. The predicted octanol–water partition coefficient (Wildman–Crippen LogP) is 5.49. The average Bonchev–Trinajstić information content (AvgIpc) is 2.90. The van der Waals surface area contributed by atoms with E-state index in [2.05, 4.69) is 0 Å². The van der Waals surface area contributed by atoms with E-state index in [1.54, 1.807) is 42.5 Å². The Bertz CT molecular complexity index is 939. The molecule has 0 unspecified atom stereocenters. The summed E-state index contributed by atoms with van der Waals surface area (Å²) in [4.78, 5) is 26.9. The normalized spacial score (nSPS) is 24.3. The molecule has 1 saturated heterocycles. The standard InChI is InChI=1S/C21H17Cl2NO3/c1-12-3-2-4-16-19(12)21(26)24(20(16)25)14-6-8-15(9-7-14)27-18-10-5-13(22)11-17(18)23/h2-3,5-12,16,19H,4H2,1H3/t12-,16+,19-/m1/s1. The molecule has 138 valence electrons. The molecule has 3 atom stereocenters. The van der Waals surface area contributed by atoms with Gasteiger partial charge in [0, 0.05) is 5.02 Å². The Morgan fingerprint density at radius 1 is 1.04 bits per heavy atom. The van der Waals surface area contributed by atoms with Crippen LogP contribution in [-0.4, -0.2) is 11.8 Å². The maximum atomic E-state index is 12.8. The molecule has 1 aliphatic carbocycles. The quantitative estimate of drug-likeness (QED) is 0.504. The van der Waals surface area contributed by atoms with E-state index in [1.165, 1.54) is 4.90 Å². The number of nitrogens with zero attached hydrogens (tertiary/aromatic N) is 1. The van der Waals surface area contributed by atoms with Crippen LogP contribution in [0.5, 0.6) is 11.5 Å². The lowest BCUT2D eigenvalue weighted by molar-refractivity contribution is -0.122. The molecule has 2 aromatic carbocycles. The van der Waals surface area contributed by atoms with Crippen molar-refractivity contribution in [3.8, 4) is 11.5 Å². The second-order valence-corrected chi connectivity index (χ2v) is 7.68. The van der Waals surface area contributed by atoms with Crippen molar-refractivity contribution in [2.45, 2.75) is 13.3 Å². The number of rotatable bonds is 3. The fourth-order valence-electron chi connectivity index (χ4n) is 3.75. The van der Waals surface area contributed by atoms with Gasteiger partial charge in [-0.3, -0.25) is 14.5 Å². The van der Waals surface area contributed by atoms with Crippen molar-refractivity contribution in [1.82, 2.24) is 0 Å². The van der Waals surface area contributed by atoms with Crippen molar-refractivity contribution in [2.75, 3.05) is 4.90 Å². The lowest BCUT2D eigenvalue weighted by atomic mass is 9.78. The van der Waals surface area contributed by atoms with Crippen LogP contribution >= 0.6 is 23.2 Å². The van der Waals surface area contributed by atoms with Crippen LogP contribution in [0.3, 0.4) is 0 Å². The van der Waals surface area contributed by atoms with Gasteiger partial charge in [-0.25, -0.2) is 0 Å². The molecule has 1 heterocycles. The summed E-state index contributed by atoms with van der Waals surface area (Å²) >= 11 is 12.0. The van der Waals surface area contributed by atoms with Crippen LogP contribution in [0.1, 0.15) is 13.3 Å². The summed E-state index contributed by atoms with van der Waals surface area (Å²) in [7, 11) is 0. The van der Waals surface area contributed by atoms with Crippen LogP contribution in [-0.2, 0) is 9.59 Å². The Morgan fingerprint density at radius 2 is 1.78 bits per heavy atom. The van der Waals surface area contributed by atoms with Crippen molar-refractivity contribution >= 4 is 40.7 Å². The molecule has 2 aromatic rings. The zero-order chi connectivity index (χ0) is 19.1. The zero-order valence-electron chi connectivity index (χ0n) is 14.6. The minimum Gasteiger partial charge on any atom is -0.456 e. The third kappa shape index (κ3) is 3.24. The molecule has 1 aliphatic heterocycles. The van der Waals surface area contributed by atoms with E-state index < -0.39 is 0 Å². The highest BCUT2D eigenvalue weighted by atomic mass is 35.5. The van der Waals surface area contributed by atoms with E-state index in [1.807, 2.05) is 19.1 Å². The second-order valence-electron chi connectivity index (χ2n) is 6.84. The number of fused-ring (bicyclic) bond motifs is 1. The minimum atomic E-state index is -0.272. The fourth-order valence-corrected chi connectivity index (χ4v) is 4.20. The Labute approximate surface area is 167 Å². The SMILES string of the molecule is C[C@@H]1C=CC[C@@H]2C(=O)N(c3ccc(Oc4ccc(Cl)cc4Cl)cc3)C(=O)[C@H]12. The molecule has 6 heteroatoms. The topological polar surface area (TPSA) is 46.6 Å². The first-order valence-corrected chi connectivity index (χ1v) is 9.49. The zero-order valence-corrected chi connectivity index (χ0v) is 16.1. The maximum absolute atomic E-state index is 12.8. The smallest absolute Gasteiger partial charge is 0.238 e. The number of ether oxygens (including phenoxy) is 1. The predicted molar refractivity (Wildman–Crippen MR) is 105 cm³/mol. The number of carbonyl (C=O) groups excluding carboxylic acids is 2. The molecule has 2 amide bonds. The van der Waals surface area contributed by atoms with Crippen LogP contribution in [0.2, 0.25) is 10.0 Å². The summed E-state index contributed by atoms with van der Waals surface area (Å²) in [6.45, 7) is 1.98. The fraction of sp³-hybridized carbons (Fsp3) is 0.238.